The van der Waals surface area contributed by atoms with Gasteiger partial charge >= 0.3 is 0 Å². The number of unbranched alkanes of at least 4 members (excludes halogenated alkanes) is 7. The molecule has 1 aromatic rings. The number of hydrogen-bond donors (Lipinski definition) is 0. The Labute approximate surface area is 159 Å². The van der Waals surface area contributed by atoms with Crippen molar-refractivity contribution in [1.82, 2.24) is 0 Å². The Balaban J connectivity index is 1.59. The summed E-state index contributed by atoms with van der Waals surface area (Å²) in [5, 5.41) is 0. The maximum Gasteiger partial charge on any atom is 0.270 e. The molecule has 1 saturated carbocycles. The van der Waals surface area contributed by atoms with Crippen LogP contribution in [0.4, 0.5) is 8.78 Å². The summed E-state index contributed by atoms with van der Waals surface area (Å²) >= 11 is 0. The third kappa shape index (κ3) is 8.01. The van der Waals surface area contributed by atoms with Crippen molar-refractivity contribution in [1.29, 1.82) is 0 Å². The van der Waals surface area contributed by atoms with Gasteiger partial charge in [-0.05, 0) is 48.6 Å². The lowest BCUT2D eigenvalue weighted by Crippen LogP contribution is -2.13. The minimum atomic E-state index is -1.63. The minimum Gasteiger partial charge on any atom is -0.173 e. The fraction of sp³-hybridized carbons (Fsp3) is 0.667. The molecule has 0 unspecified atom stereocenters. The number of halogens is 2. The summed E-state index contributed by atoms with van der Waals surface area (Å²) in [6, 6.07) is 7.72. The van der Waals surface area contributed by atoms with Crippen molar-refractivity contribution in [3.8, 4) is 0 Å². The third-order valence-electron chi connectivity index (χ3n) is 6.00. The Morgan fingerprint density at radius 2 is 1.42 bits per heavy atom. The van der Waals surface area contributed by atoms with Gasteiger partial charge in [0.1, 0.15) is 0 Å². The molecule has 0 aromatic heterocycles. The third-order valence-corrected chi connectivity index (χ3v) is 6.00. The van der Waals surface area contributed by atoms with Gasteiger partial charge in [-0.3, -0.25) is 0 Å². The number of benzene rings is 1. The predicted octanol–water partition coefficient (Wildman–Crippen LogP) is 8.73. The van der Waals surface area contributed by atoms with Crippen molar-refractivity contribution in [2.45, 2.75) is 96.3 Å². The largest absolute Gasteiger partial charge is 0.270 e. The van der Waals surface area contributed by atoms with Crippen LogP contribution < -0.4 is 0 Å². The van der Waals surface area contributed by atoms with Gasteiger partial charge in [-0.2, -0.15) is 8.78 Å². The molecule has 1 aliphatic carbocycles. The zero-order valence-electron chi connectivity index (χ0n) is 16.5. The van der Waals surface area contributed by atoms with Crippen LogP contribution in [0, 0.1) is 5.92 Å². The topological polar surface area (TPSA) is 0 Å². The van der Waals surface area contributed by atoms with Gasteiger partial charge in [0, 0.05) is 6.08 Å². The van der Waals surface area contributed by atoms with Crippen molar-refractivity contribution >= 4 is 6.08 Å². The van der Waals surface area contributed by atoms with Gasteiger partial charge in [0.25, 0.3) is 6.08 Å². The van der Waals surface area contributed by atoms with Crippen LogP contribution in [0.1, 0.15) is 107 Å². The van der Waals surface area contributed by atoms with E-state index in [4.69, 9.17) is 0 Å². The van der Waals surface area contributed by atoms with E-state index in [1.165, 1.54) is 89.0 Å². The molecule has 1 fully saturated rings. The summed E-state index contributed by atoms with van der Waals surface area (Å²) in [4.78, 5) is 0. The minimum absolute atomic E-state index is 0.595. The second kappa shape index (κ2) is 12.3. The number of hydrogen-bond acceptors (Lipinski definition) is 0. The molecule has 0 bridgehead atoms. The molecule has 0 saturated heterocycles. The van der Waals surface area contributed by atoms with Gasteiger partial charge in [-0.15, -0.1) is 0 Å². The Bertz CT molecular complexity index is 506. The number of rotatable bonds is 11. The Hall–Kier alpha value is -1.18. The second-order valence-corrected chi connectivity index (χ2v) is 8.08. The van der Waals surface area contributed by atoms with Crippen molar-refractivity contribution in [2.24, 2.45) is 5.92 Å². The van der Waals surface area contributed by atoms with Crippen LogP contribution in [0.5, 0.6) is 0 Å². The summed E-state index contributed by atoms with van der Waals surface area (Å²) in [6.45, 7) is 2.27. The lowest BCUT2D eigenvalue weighted by molar-refractivity contribution is 0.301. The zero-order valence-corrected chi connectivity index (χ0v) is 16.5. The molecule has 2 heteroatoms. The highest BCUT2D eigenvalue weighted by Gasteiger charge is 2.21. The molecule has 0 amide bonds. The van der Waals surface area contributed by atoms with Gasteiger partial charge in [-0.1, -0.05) is 89.0 Å². The Morgan fingerprint density at radius 1 is 0.846 bits per heavy atom. The first-order chi connectivity index (χ1) is 12.7. The van der Waals surface area contributed by atoms with Crippen LogP contribution >= 0.6 is 0 Å². The van der Waals surface area contributed by atoms with E-state index in [-0.39, 0.29) is 0 Å². The van der Waals surface area contributed by atoms with E-state index >= 15 is 0 Å². The first-order valence-electron chi connectivity index (χ1n) is 10.8. The van der Waals surface area contributed by atoms with Crippen molar-refractivity contribution in [2.75, 3.05) is 0 Å². The molecule has 0 N–H and O–H groups in total. The summed E-state index contributed by atoms with van der Waals surface area (Å²) < 4.78 is 24.6. The standard InChI is InChI=1S/C24H36F2/c1-2-3-4-5-6-7-8-9-10-20-11-15-22(16-12-20)23-17-13-21(14-18-23)19-24(25)26/h13-14,17-20,22H,2-12,15-16H2,1H3/t20-,22-. The molecule has 2 rings (SSSR count). The molecule has 0 spiro atoms. The summed E-state index contributed by atoms with van der Waals surface area (Å²) in [5.74, 6) is 1.53. The van der Waals surface area contributed by atoms with Crippen molar-refractivity contribution in [3.63, 3.8) is 0 Å². The molecule has 1 aliphatic rings. The van der Waals surface area contributed by atoms with E-state index < -0.39 is 6.08 Å². The molecule has 0 nitrogen and oxygen atoms in total. The van der Waals surface area contributed by atoms with Gasteiger partial charge in [0.15, 0.2) is 0 Å². The molecule has 26 heavy (non-hydrogen) atoms. The van der Waals surface area contributed by atoms with Crippen molar-refractivity contribution < 1.29 is 8.78 Å². The smallest absolute Gasteiger partial charge is 0.173 e. The van der Waals surface area contributed by atoms with E-state index in [9.17, 15) is 8.78 Å². The molecule has 0 radical (unpaired) electrons. The molecule has 1 aromatic carbocycles. The highest BCUT2D eigenvalue weighted by Crippen LogP contribution is 2.37. The highest BCUT2D eigenvalue weighted by molar-refractivity contribution is 5.50. The lowest BCUT2D eigenvalue weighted by atomic mass is 9.77. The molecular weight excluding hydrogens is 326 g/mol. The zero-order chi connectivity index (χ0) is 18.6. The van der Waals surface area contributed by atoms with Crippen LogP contribution in [-0.2, 0) is 0 Å². The molecule has 0 heterocycles. The highest BCUT2D eigenvalue weighted by atomic mass is 19.3. The lowest BCUT2D eigenvalue weighted by Gasteiger charge is -2.29. The fourth-order valence-electron chi connectivity index (χ4n) is 4.34. The van der Waals surface area contributed by atoms with Gasteiger partial charge < -0.3 is 0 Å². The maximum absolute atomic E-state index is 12.3. The van der Waals surface area contributed by atoms with Crippen LogP contribution in [-0.4, -0.2) is 0 Å². The van der Waals surface area contributed by atoms with Gasteiger partial charge in [-0.25, -0.2) is 0 Å². The molecule has 0 aliphatic heterocycles. The summed E-state index contributed by atoms with van der Waals surface area (Å²) in [6.07, 6.45) is 17.1. The van der Waals surface area contributed by atoms with Gasteiger partial charge in [0.05, 0.1) is 0 Å². The average Bonchev–Trinajstić information content (AvgIpc) is 2.65. The van der Waals surface area contributed by atoms with E-state index in [1.54, 1.807) is 0 Å². The first kappa shape index (κ1) is 21.1. The quantitative estimate of drug-likeness (QED) is 0.345. The van der Waals surface area contributed by atoms with Crippen molar-refractivity contribution in [3.05, 3.63) is 41.5 Å². The SMILES string of the molecule is CCCCCCCCCC[C@H]1CC[C@H](c2ccc(C=C(F)F)cc2)CC1. The molecular formula is C24H36F2. The van der Waals surface area contributed by atoms with E-state index in [2.05, 4.69) is 6.92 Å². The maximum atomic E-state index is 12.3. The van der Waals surface area contributed by atoms with E-state index in [0.29, 0.717) is 11.5 Å². The van der Waals surface area contributed by atoms with E-state index in [0.717, 1.165) is 12.0 Å². The Kier molecular flexibility index (Phi) is 9.95. The van der Waals surface area contributed by atoms with Crippen LogP contribution in [0.25, 0.3) is 6.08 Å². The second-order valence-electron chi connectivity index (χ2n) is 8.08. The van der Waals surface area contributed by atoms with Crippen LogP contribution in [0.3, 0.4) is 0 Å². The first-order valence-corrected chi connectivity index (χ1v) is 10.8. The van der Waals surface area contributed by atoms with E-state index in [1.807, 2.05) is 24.3 Å². The normalized spacial score (nSPS) is 20.1. The Morgan fingerprint density at radius 3 is 2.00 bits per heavy atom. The van der Waals surface area contributed by atoms with Crippen LogP contribution in [0.2, 0.25) is 0 Å². The van der Waals surface area contributed by atoms with Gasteiger partial charge in [0.2, 0.25) is 0 Å². The predicted molar refractivity (Wildman–Crippen MR) is 109 cm³/mol. The average molecular weight is 363 g/mol. The summed E-state index contributed by atoms with van der Waals surface area (Å²) in [5.41, 5.74) is 1.92. The fourth-order valence-corrected chi connectivity index (χ4v) is 4.34. The monoisotopic (exact) mass is 362 g/mol. The van der Waals surface area contributed by atoms with Crippen LogP contribution in [0.15, 0.2) is 30.3 Å². The molecule has 0 atom stereocenters. The summed E-state index contributed by atoms with van der Waals surface area (Å²) in [7, 11) is 0. The molecule has 146 valence electrons.